The Morgan fingerprint density at radius 2 is 1.90 bits per heavy atom. The average Bonchev–Trinajstić information content (AvgIpc) is 2.89. The maximum absolute atomic E-state index is 9.12. The molecule has 1 heterocycles. The molecule has 0 amide bonds. The first-order chi connectivity index (χ1) is 9.42. The maximum Gasteiger partial charge on any atom is 0.126 e. The van der Waals surface area contributed by atoms with E-state index >= 15 is 0 Å². The number of aromatic amines is 1. The normalized spacial score (nSPS) is 11.4. The van der Waals surface area contributed by atoms with Gasteiger partial charge in [-0.3, -0.25) is 0 Å². The Labute approximate surface area is 119 Å². The first-order valence-corrected chi connectivity index (χ1v) is 6.66. The zero-order valence-corrected chi connectivity index (χ0v) is 12.3. The predicted octanol–water partition coefficient (Wildman–Crippen LogP) is 3.67. The van der Waals surface area contributed by atoms with E-state index in [1.165, 1.54) is 0 Å². The van der Waals surface area contributed by atoms with Crippen molar-refractivity contribution in [1.29, 1.82) is 5.26 Å². The molecule has 0 atom stereocenters. The quantitative estimate of drug-likeness (QED) is 0.921. The fourth-order valence-corrected chi connectivity index (χ4v) is 1.82. The molecule has 0 unspecified atom stereocenters. The van der Waals surface area contributed by atoms with Crippen molar-refractivity contribution < 1.29 is 4.74 Å². The third-order valence-electron chi connectivity index (χ3n) is 2.98. The highest BCUT2D eigenvalue weighted by Crippen LogP contribution is 2.25. The van der Waals surface area contributed by atoms with Crippen LogP contribution in [0.5, 0.6) is 5.75 Å². The monoisotopic (exact) mass is 269 g/mol. The first kappa shape index (κ1) is 14.1. The van der Waals surface area contributed by atoms with Crippen LogP contribution in [0.4, 0.5) is 0 Å². The highest BCUT2D eigenvalue weighted by Gasteiger charge is 2.23. The van der Waals surface area contributed by atoms with Gasteiger partial charge in [-0.25, -0.2) is 4.98 Å². The van der Waals surface area contributed by atoms with Crippen molar-refractivity contribution in [2.24, 2.45) is 0 Å². The summed E-state index contributed by atoms with van der Waals surface area (Å²) in [6.45, 7) is 7.68. The Morgan fingerprint density at radius 3 is 2.45 bits per heavy atom. The molecule has 2 rings (SSSR count). The number of nitriles is 1. The van der Waals surface area contributed by atoms with Crippen molar-refractivity contribution in [1.82, 2.24) is 9.97 Å². The molecule has 0 aliphatic rings. The Hall–Kier alpha value is -2.28. The van der Waals surface area contributed by atoms with Crippen LogP contribution >= 0.6 is 0 Å². The van der Waals surface area contributed by atoms with Crippen LogP contribution in [0.3, 0.4) is 0 Å². The van der Waals surface area contributed by atoms with E-state index in [2.05, 4.69) is 16.0 Å². The fraction of sp³-hybridized carbons (Fsp3) is 0.375. The molecule has 1 N–H and O–H groups in total. The minimum Gasteiger partial charge on any atom is -0.491 e. The van der Waals surface area contributed by atoms with Gasteiger partial charge in [0.25, 0.3) is 0 Å². The van der Waals surface area contributed by atoms with Crippen LogP contribution in [0.15, 0.2) is 30.5 Å². The molecule has 1 aromatic carbocycles. The lowest BCUT2D eigenvalue weighted by Crippen LogP contribution is -2.15. The van der Waals surface area contributed by atoms with Crippen LogP contribution in [-0.2, 0) is 5.41 Å². The number of hydrogen-bond donors (Lipinski definition) is 1. The van der Waals surface area contributed by atoms with E-state index in [0.29, 0.717) is 5.82 Å². The molecule has 20 heavy (non-hydrogen) atoms. The summed E-state index contributed by atoms with van der Waals surface area (Å²) < 4.78 is 5.61. The van der Waals surface area contributed by atoms with Gasteiger partial charge in [0, 0.05) is 0 Å². The van der Waals surface area contributed by atoms with Gasteiger partial charge in [0.1, 0.15) is 17.0 Å². The summed E-state index contributed by atoms with van der Waals surface area (Å²) in [7, 11) is 0. The number of aromatic nitrogens is 2. The van der Waals surface area contributed by atoms with Crippen molar-refractivity contribution in [3.8, 4) is 23.1 Å². The lowest BCUT2D eigenvalue weighted by molar-refractivity contribution is 0.242. The Morgan fingerprint density at radius 1 is 1.25 bits per heavy atom. The average molecular weight is 269 g/mol. The second-order valence-corrected chi connectivity index (χ2v) is 5.57. The van der Waals surface area contributed by atoms with E-state index in [1.807, 2.05) is 52.0 Å². The number of rotatable bonds is 4. The molecule has 4 nitrogen and oxygen atoms in total. The highest BCUT2D eigenvalue weighted by molar-refractivity contribution is 5.59. The largest absolute Gasteiger partial charge is 0.491 e. The van der Waals surface area contributed by atoms with Crippen molar-refractivity contribution in [2.75, 3.05) is 0 Å². The molecule has 104 valence electrons. The van der Waals surface area contributed by atoms with Gasteiger partial charge >= 0.3 is 0 Å². The number of nitrogens with zero attached hydrogens (tertiary/aromatic N) is 2. The van der Waals surface area contributed by atoms with E-state index in [1.54, 1.807) is 6.20 Å². The number of H-pyrrole nitrogens is 1. The van der Waals surface area contributed by atoms with E-state index in [-0.39, 0.29) is 6.10 Å². The van der Waals surface area contributed by atoms with Gasteiger partial charge in [-0.1, -0.05) is 0 Å². The summed E-state index contributed by atoms with van der Waals surface area (Å²) in [6, 6.07) is 10.1. The maximum atomic E-state index is 9.12. The lowest BCUT2D eigenvalue weighted by Gasteiger charge is -2.11. The first-order valence-electron chi connectivity index (χ1n) is 6.66. The van der Waals surface area contributed by atoms with E-state index in [9.17, 15) is 0 Å². The zero-order valence-electron chi connectivity index (χ0n) is 12.3. The van der Waals surface area contributed by atoms with Gasteiger partial charge in [-0.15, -0.1) is 0 Å². The number of hydrogen-bond acceptors (Lipinski definition) is 3. The molecule has 2 aromatic rings. The molecule has 4 heteroatoms. The number of imidazole rings is 1. The van der Waals surface area contributed by atoms with Gasteiger partial charge < -0.3 is 9.72 Å². The standard InChI is InChI=1S/C16H19N3O/c1-11(2)20-13-7-5-12(6-8-13)14-9-18-15(19-14)16(3,4)10-17/h5-9,11H,1-4H3,(H,18,19). The third kappa shape index (κ3) is 3.00. The Balaban J connectivity index is 2.23. The highest BCUT2D eigenvalue weighted by atomic mass is 16.5. The number of ether oxygens (including phenoxy) is 1. The van der Waals surface area contributed by atoms with Crippen LogP contribution in [-0.4, -0.2) is 16.1 Å². The smallest absolute Gasteiger partial charge is 0.126 e. The minimum atomic E-state index is -0.612. The molecule has 0 aliphatic heterocycles. The molecule has 0 saturated carbocycles. The summed E-state index contributed by atoms with van der Waals surface area (Å²) in [6.07, 6.45) is 1.92. The van der Waals surface area contributed by atoms with Crippen LogP contribution in [0.1, 0.15) is 33.5 Å². The van der Waals surface area contributed by atoms with E-state index in [4.69, 9.17) is 10.00 Å². The van der Waals surface area contributed by atoms with E-state index < -0.39 is 5.41 Å². The topological polar surface area (TPSA) is 61.7 Å². The van der Waals surface area contributed by atoms with Crippen molar-refractivity contribution >= 4 is 0 Å². The lowest BCUT2D eigenvalue weighted by atomic mass is 9.95. The Bertz CT molecular complexity index is 618. The molecule has 0 saturated heterocycles. The van der Waals surface area contributed by atoms with Crippen LogP contribution in [0.2, 0.25) is 0 Å². The van der Waals surface area contributed by atoms with Crippen LogP contribution < -0.4 is 4.74 Å². The van der Waals surface area contributed by atoms with Gasteiger partial charge in [0.2, 0.25) is 0 Å². The van der Waals surface area contributed by atoms with Gasteiger partial charge in [0.05, 0.1) is 24.1 Å². The molecule has 1 aromatic heterocycles. The Kier molecular flexibility index (Phi) is 3.80. The third-order valence-corrected chi connectivity index (χ3v) is 2.98. The summed E-state index contributed by atoms with van der Waals surface area (Å²) in [5, 5.41) is 9.12. The number of nitrogens with one attached hydrogen (secondary N) is 1. The minimum absolute atomic E-state index is 0.163. The predicted molar refractivity (Wildman–Crippen MR) is 78.4 cm³/mol. The van der Waals surface area contributed by atoms with Gasteiger partial charge in [-0.05, 0) is 57.5 Å². The summed E-state index contributed by atoms with van der Waals surface area (Å²) in [5.41, 5.74) is 1.31. The van der Waals surface area contributed by atoms with Crippen molar-refractivity contribution in [3.63, 3.8) is 0 Å². The molecular weight excluding hydrogens is 250 g/mol. The second-order valence-electron chi connectivity index (χ2n) is 5.57. The SMILES string of the molecule is CC(C)Oc1ccc(-c2cnc(C(C)(C)C#N)[nH]2)cc1. The molecule has 0 aliphatic carbocycles. The molecule has 0 bridgehead atoms. The fourth-order valence-electron chi connectivity index (χ4n) is 1.82. The molecule has 0 spiro atoms. The van der Waals surface area contributed by atoms with Crippen molar-refractivity contribution in [2.45, 2.75) is 39.2 Å². The molecule has 0 fully saturated rings. The zero-order chi connectivity index (χ0) is 14.8. The second kappa shape index (κ2) is 5.38. The summed E-state index contributed by atoms with van der Waals surface area (Å²) in [4.78, 5) is 7.50. The van der Waals surface area contributed by atoms with Crippen molar-refractivity contribution in [3.05, 3.63) is 36.3 Å². The van der Waals surface area contributed by atoms with Gasteiger partial charge in [0.15, 0.2) is 0 Å². The molecule has 0 radical (unpaired) electrons. The number of benzene rings is 1. The molecular formula is C16H19N3O. The van der Waals surface area contributed by atoms with Crippen LogP contribution in [0, 0.1) is 11.3 Å². The van der Waals surface area contributed by atoms with Crippen LogP contribution in [0.25, 0.3) is 11.3 Å². The summed E-state index contributed by atoms with van der Waals surface area (Å²) in [5.74, 6) is 1.53. The summed E-state index contributed by atoms with van der Waals surface area (Å²) >= 11 is 0. The van der Waals surface area contributed by atoms with E-state index in [0.717, 1.165) is 17.0 Å². The van der Waals surface area contributed by atoms with Gasteiger partial charge in [-0.2, -0.15) is 5.26 Å².